The van der Waals surface area contributed by atoms with Crippen LogP contribution in [0.1, 0.15) is 17.3 Å². The smallest absolute Gasteiger partial charge is 0.256 e. The van der Waals surface area contributed by atoms with Crippen LogP contribution in [0.2, 0.25) is 0 Å². The molecule has 5 rings (SSSR count). The van der Waals surface area contributed by atoms with Gasteiger partial charge in [-0.3, -0.25) is 4.79 Å². The molecular formula is C28H22N2O3. The van der Waals surface area contributed by atoms with Crippen LogP contribution in [0.4, 0.5) is 5.69 Å². The molecule has 0 unspecified atom stereocenters. The van der Waals surface area contributed by atoms with Gasteiger partial charge in [0.2, 0.25) is 5.89 Å². The number of hydrogen-bond acceptors (Lipinski definition) is 4. The van der Waals surface area contributed by atoms with Crippen molar-refractivity contribution < 1.29 is 13.9 Å². The Kier molecular flexibility index (Phi) is 5.60. The summed E-state index contributed by atoms with van der Waals surface area (Å²) in [4.78, 5) is 17.7. The fourth-order valence-corrected chi connectivity index (χ4v) is 3.81. The van der Waals surface area contributed by atoms with Gasteiger partial charge < -0.3 is 14.5 Å². The average molecular weight is 434 g/mol. The van der Waals surface area contributed by atoms with Crippen LogP contribution in [0.15, 0.2) is 102 Å². The minimum atomic E-state index is -0.220. The Balaban J connectivity index is 1.44. The third kappa shape index (κ3) is 4.21. The van der Waals surface area contributed by atoms with Crippen molar-refractivity contribution in [3.63, 3.8) is 0 Å². The van der Waals surface area contributed by atoms with Crippen molar-refractivity contribution in [3.05, 3.63) is 103 Å². The standard InChI is InChI=1S/C28H22N2O3/c1-2-32-21-16-14-20(15-17-21)26-18-29-28(33-26)24-12-6-5-11-23(24)27(31)30-25-13-7-9-19-8-3-4-10-22(19)25/h3-18H,2H2,1H3,(H,30,31). The highest BCUT2D eigenvalue weighted by Crippen LogP contribution is 2.30. The quantitative estimate of drug-likeness (QED) is 0.319. The van der Waals surface area contributed by atoms with Gasteiger partial charge in [-0.1, -0.05) is 48.5 Å². The summed E-state index contributed by atoms with van der Waals surface area (Å²) in [6, 6.07) is 28.8. The van der Waals surface area contributed by atoms with Crippen molar-refractivity contribution in [2.45, 2.75) is 6.92 Å². The van der Waals surface area contributed by atoms with Gasteiger partial charge in [0, 0.05) is 22.2 Å². The SMILES string of the molecule is CCOc1ccc(-c2cnc(-c3ccccc3C(=O)Nc3cccc4ccccc34)o2)cc1. The molecule has 0 saturated carbocycles. The van der Waals surface area contributed by atoms with Gasteiger partial charge in [0.25, 0.3) is 5.91 Å². The molecule has 5 aromatic rings. The number of aromatic nitrogens is 1. The Bertz CT molecular complexity index is 1420. The molecule has 1 N–H and O–H groups in total. The first-order chi connectivity index (χ1) is 16.2. The van der Waals surface area contributed by atoms with E-state index in [4.69, 9.17) is 9.15 Å². The third-order valence-corrected chi connectivity index (χ3v) is 5.40. The predicted molar refractivity (Wildman–Crippen MR) is 130 cm³/mol. The second kappa shape index (κ2) is 9.01. The van der Waals surface area contributed by atoms with E-state index in [9.17, 15) is 4.79 Å². The molecule has 0 aliphatic heterocycles. The summed E-state index contributed by atoms with van der Waals surface area (Å²) in [5.74, 6) is 1.60. The van der Waals surface area contributed by atoms with Crippen molar-refractivity contribution in [1.29, 1.82) is 0 Å². The molecule has 0 spiro atoms. The van der Waals surface area contributed by atoms with Gasteiger partial charge in [-0.05, 0) is 54.8 Å². The molecule has 0 bridgehead atoms. The summed E-state index contributed by atoms with van der Waals surface area (Å²) >= 11 is 0. The highest BCUT2D eigenvalue weighted by Gasteiger charge is 2.18. The Morgan fingerprint density at radius 1 is 0.909 bits per heavy atom. The van der Waals surface area contributed by atoms with E-state index in [0.717, 1.165) is 27.8 Å². The zero-order chi connectivity index (χ0) is 22.6. The van der Waals surface area contributed by atoms with Crippen molar-refractivity contribution >= 4 is 22.4 Å². The first-order valence-electron chi connectivity index (χ1n) is 10.8. The van der Waals surface area contributed by atoms with Crippen LogP contribution < -0.4 is 10.1 Å². The molecule has 1 aromatic heterocycles. The van der Waals surface area contributed by atoms with E-state index < -0.39 is 0 Å². The van der Waals surface area contributed by atoms with Gasteiger partial charge in [-0.2, -0.15) is 0 Å². The number of anilines is 1. The second-order valence-corrected chi connectivity index (χ2v) is 7.51. The number of carbonyl (C=O) groups excluding carboxylic acids is 1. The van der Waals surface area contributed by atoms with Crippen LogP contribution >= 0.6 is 0 Å². The number of hydrogen-bond donors (Lipinski definition) is 1. The van der Waals surface area contributed by atoms with E-state index in [-0.39, 0.29) is 5.91 Å². The number of carbonyl (C=O) groups is 1. The normalized spacial score (nSPS) is 10.8. The number of fused-ring (bicyclic) bond motifs is 1. The fourth-order valence-electron chi connectivity index (χ4n) is 3.81. The number of benzene rings is 4. The first-order valence-corrected chi connectivity index (χ1v) is 10.8. The molecule has 1 heterocycles. The molecule has 5 heteroatoms. The van der Waals surface area contributed by atoms with Crippen molar-refractivity contribution in [2.24, 2.45) is 0 Å². The molecule has 0 fully saturated rings. The van der Waals surface area contributed by atoms with Gasteiger partial charge in [0.1, 0.15) is 5.75 Å². The molecule has 0 saturated heterocycles. The van der Waals surface area contributed by atoms with E-state index in [1.54, 1.807) is 12.3 Å². The molecule has 0 radical (unpaired) electrons. The predicted octanol–water partition coefficient (Wildman–Crippen LogP) is 6.81. The molecule has 33 heavy (non-hydrogen) atoms. The maximum atomic E-state index is 13.2. The average Bonchev–Trinajstić information content (AvgIpc) is 3.35. The number of nitrogens with zero attached hydrogens (tertiary/aromatic N) is 1. The molecule has 0 aliphatic rings. The minimum absolute atomic E-state index is 0.220. The Hall–Kier alpha value is -4.38. The monoisotopic (exact) mass is 434 g/mol. The van der Waals surface area contributed by atoms with Crippen LogP contribution in [-0.2, 0) is 0 Å². The Morgan fingerprint density at radius 3 is 2.52 bits per heavy atom. The Morgan fingerprint density at radius 2 is 1.67 bits per heavy atom. The number of oxazole rings is 1. The van der Waals surface area contributed by atoms with E-state index >= 15 is 0 Å². The third-order valence-electron chi connectivity index (χ3n) is 5.40. The summed E-state index contributed by atoms with van der Waals surface area (Å²) < 4.78 is 11.5. The summed E-state index contributed by atoms with van der Waals surface area (Å²) in [6.07, 6.45) is 1.67. The van der Waals surface area contributed by atoms with Crippen LogP contribution in [-0.4, -0.2) is 17.5 Å². The van der Waals surface area contributed by atoms with Crippen LogP contribution in [0.25, 0.3) is 33.6 Å². The molecule has 162 valence electrons. The van der Waals surface area contributed by atoms with Crippen LogP contribution in [0.5, 0.6) is 5.75 Å². The van der Waals surface area contributed by atoms with Gasteiger partial charge in [-0.25, -0.2) is 4.98 Å². The second-order valence-electron chi connectivity index (χ2n) is 7.51. The van der Waals surface area contributed by atoms with Crippen molar-refractivity contribution in [3.8, 4) is 28.5 Å². The molecular weight excluding hydrogens is 412 g/mol. The largest absolute Gasteiger partial charge is 0.494 e. The molecule has 1 amide bonds. The molecule has 0 atom stereocenters. The zero-order valence-corrected chi connectivity index (χ0v) is 18.1. The van der Waals surface area contributed by atoms with Gasteiger partial charge in [0.15, 0.2) is 5.76 Å². The van der Waals surface area contributed by atoms with E-state index in [1.165, 1.54) is 0 Å². The molecule has 5 nitrogen and oxygen atoms in total. The van der Waals surface area contributed by atoms with E-state index in [0.29, 0.717) is 29.4 Å². The number of nitrogens with one attached hydrogen (secondary N) is 1. The Labute approximate surface area is 191 Å². The highest BCUT2D eigenvalue weighted by atomic mass is 16.5. The van der Waals surface area contributed by atoms with Gasteiger partial charge in [0.05, 0.1) is 18.4 Å². The maximum Gasteiger partial charge on any atom is 0.256 e. The van der Waals surface area contributed by atoms with Gasteiger partial charge >= 0.3 is 0 Å². The van der Waals surface area contributed by atoms with E-state index in [1.807, 2.05) is 91.9 Å². The lowest BCUT2D eigenvalue weighted by Gasteiger charge is -2.10. The fraction of sp³-hybridized carbons (Fsp3) is 0.0714. The maximum absolute atomic E-state index is 13.2. The lowest BCUT2D eigenvalue weighted by molar-refractivity contribution is 0.102. The summed E-state index contributed by atoms with van der Waals surface area (Å²) in [5.41, 5.74) is 2.77. The van der Waals surface area contributed by atoms with Gasteiger partial charge in [-0.15, -0.1) is 0 Å². The minimum Gasteiger partial charge on any atom is -0.494 e. The topological polar surface area (TPSA) is 64.4 Å². The first kappa shape index (κ1) is 20.5. The van der Waals surface area contributed by atoms with Crippen molar-refractivity contribution in [1.82, 2.24) is 4.98 Å². The lowest BCUT2D eigenvalue weighted by Crippen LogP contribution is -2.13. The van der Waals surface area contributed by atoms with Crippen LogP contribution in [0, 0.1) is 0 Å². The molecule has 0 aliphatic carbocycles. The highest BCUT2D eigenvalue weighted by molar-refractivity contribution is 6.11. The number of amides is 1. The van der Waals surface area contributed by atoms with E-state index in [2.05, 4.69) is 10.3 Å². The zero-order valence-electron chi connectivity index (χ0n) is 18.1. The number of ether oxygens (including phenoxy) is 1. The molecule has 4 aromatic carbocycles. The summed E-state index contributed by atoms with van der Waals surface area (Å²) in [7, 11) is 0. The lowest BCUT2D eigenvalue weighted by atomic mass is 10.1. The number of rotatable bonds is 6. The van der Waals surface area contributed by atoms with Crippen LogP contribution in [0.3, 0.4) is 0 Å². The summed E-state index contributed by atoms with van der Waals surface area (Å²) in [5, 5.41) is 5.10. The summed E-state index contributed by atoms with van der Waals surface area (Å²) in [6.45, 7) is 2.56. The van der Waals surface area contributed by atoms with Crippen molar-refractivity contribution in [2.75, 3.05) is 11.9 Å².